The largest absolute Gasteiger partial charge is 0.220 e. The fraction of sp³-hybridized carbons (Fsp3) is 0. The molecular weight excluding hydrogens is 244 g/mol. The SMILES string of the molecule is N#Cc1cccc(-n2cc(Br)nn2)c1. The van der Waals surface area contributed by atoms with Crippen LogP contribution in [0.2, 0.25) is 0 Å². The van der Waals surface area contributed by atoms with Crippen LogP contribution >= 0.6 is 15.9 Å². The van der Waals surface area contributed by atoms with E-state index in [1.54, 1.807) is 23.0 Å². The van der Waals surface area contributed by atoms with Crippen LogP contribution in [0.25, 0.3) is 5.69 Å². The first-order valence-corrected chi connectivity index (χ1v) is 4.67. The third-order valence-electron chi connectivity index (χ3n) is 1.71. The molecule has 0 fully saturated rings. The fourth-order valence-electron chi connectivity index (χ4n) is 1.09. The van der Waals surface area contributed by atoms with Gasteiger partial charge in [0.25, 0.3) is 0 Å². The minimum Gasteiger partial charge on any atom is -0.220 e. The summed E-state index contributed by atoms with van der Waals surface area (Å²) in [5, 5.41) is 16.4. The summed E-state index contributed by atoms with van der Waals surface area (Å²) >= 11 is 3.21. The number of nitrogens with zero attached hydrogens (tertiary/aromatic N) is 4. The predicted octanol–water partition coefficient (Wildman–Crippen LogP) is 1.90. The lowest BCUT2D eigenvalue weighted by Crippen LogP contribution is -1.94. The summed E-state index contributed by atoms with van der Waals surface area (Å²) in [6, 6.07) is 9.24. The van der Waals surface area contributed by atoms with E-state index in [9.17, 15) is 0 Å². The Kier molecular flexibility index (Phi) is 2.29. The second kappa shape index (κ2) is 3.60. The van der Waals surface area contributed by atoms with Gasteiger partial charge in [0.15, 0.2) is 0 Å². The first kappa shape index (κ1) is 8.91. The standard InChI is InChI=1S/C9H5BrN4/c10-9-6-14(13-12-9)8-3-1-2-7(4-8)5-11/h1-4,6H. The van der Waals surface area contributed by atoms with Crippen molar-refractivity contribution in [2.24, 2.45) is 0 Å². The first-order valence-electron chi connectivity index (χ1n) is 3.88. The molecule has 0 bridgehead atoms. The van der Waals surface area contributed by atoms with Crippen LogP contribution in [0.4, 0.5) is 0 Å². The highest BCUT2D eigenvalue weighted by Gasteiger charge is 2.00. The third kappa shape index (κ3) is 1.65. The third-order valence-corrected chi connectivity index (χ3v) is 2.07. The van der Waals surface area contributed by atoms with Crippen LogP contribution in [0.15, 0.2) is 35.1 Å². The lowest BCUT2D eigenvalue weighted by atomic mass is 10.2. The minimum atomic E-state index is 0.606. The highest BCUT2D eigenvalue weighted by atomic mass is 79.9. The van der Waals surface area contributed by atoms with Gasteiger partial charge in [-0.1, -0.05) is 11.3 Å². The zero-order valence-corrected chi connectivity index (χ0v) is 8.64. The van der Waals surface area contributed by atoms with Gasteiger partial charge >= 0.3 is 0 Å². The van der Waals surface area contributed by atoms with Crippen molar-refractivity contribution in [1.29, 1.82) is 5.26 Å². The van der Waals surface area contributed by atoms with Crippen LogP contribution in [-0.4, -0.2) is 15.0 Å². The van der Waals surface area contributed by atoms with Crippen molar-refractivity contribution in [3.05, 3.63) is 40.6 Å². The lowest BCUT2D eigenvalue weighted by Gasteiger charge is -1.98. The smallest absolute Gasteiger partial charge is 0.148 e. The summed E-state index contributed by atoms with van der Waals surface area (Å²) in [4.78, 5) is 0. The molecule has 68 valence electrons. The van der Waals surface area contributed by atoms with E-state index in [1.165, 1.54) is 0 Å². The molecule has 4 nitrogen and oxygen atoms in total. The Morgan fingerprint density at radius 2 is 2.29 bits per heavy atom. The zero-order chi connectivity index (χ0) is 9.97. The number of nitriles is 1. The molecule has 14 heavy (non-hydrogen) atoms. The van der Waals surface area contributed by atoms with E-state index < -0.39 is 0 Å². The van der Waals surface area contributed by atoms with Gasteiger partial charge in [0.1, 0.15) is 4.60 Å². The van der Waals surface area contributed by atoms with Crippen LogP contribution in [0, 0.1) is 11.3 Å². The molecule has 0 spiro atoms. The maximum atomic E-state index is 8.71. The van der Waals surface area contributed by atoms with Crippen molar-refractivity contribution < 1.29 is 0 Å². The quantitative estimate of drug-likeness (QED) is 0.775. The predicted molar refractivity (Wildman–Crippen MR) is 53.8 cm³/mol. The molecule has 0 amide bonds. The van der Waals surface area contributed by atoms with Gasteiger partial charge < -0.3 is 0 Å². The number of rotatable bonds is 1. The molecule has 0 saturated heterocycles. The second-order valence-electron chi connectivity index (χ2n) is 2.65. The van der Waals surface area contributed by atoms with Gasteiger partial charge in [0.2, 0.25) is 0 Å². The molecule has 0 aliphatic heterocycles. The fourth-order valence-corrected chi connectivity index (χ4v) is 1.35. The molecule has 0 radical (unpaired) electrons. The Morgan fingerprint density at radius 3 is 2.93 bits per heavy atom. The Bertz CT molecular complexity index is 498. The summed E-state index contributed by atoms with van der Waals surface area (Å²) in [6.45, 7) is 0. The molecule has 0 N–H and O–H groups in total. The van der Waals surface area contributed by atoms with Crippen LogP contribution in [0.5, 0.6) is 0 Å². The maximum absolute atomic E-state index is 8.71. The van der Waals surface area contributed by atoms with Crippen molar-refractivity contribution in [3.8, 4) is 11.8 Å². The van der Waals surface area contributed by atoms with E-state index in [1.807, 2.05) is 12.1 Å². The van der Waals surface area contributed by atoms with Crippen molar-refractivity contribution in [1.82, 2.24) is 15.0 Å². The van der Waals surface area contributed by atoms with Gasteiger partial charge in [-0.15, -0.1) is 5.10 Å². The van der Waals surface area contributed by atoms with Crippen LogP contribution in [0.1, 0.15) is 5.56 Å². The van der Waals surface area contributed by atoms with Crippen molar-refractivity contribution in [2.75, 3.05) is 0 Å². The van der Waals surface area contributed by atoms with Crippen LogP contribution in [-0.2, 0) is 0 Å². The molecule has 1 heterocycles. The Balaban J connectivity index is 2.47. The number of benzene rings is 1. The van der Waals surface area contributed by atoms with E-state index >= 15 is 0 Å². The van der Waals surface area contributed by atoms with E-state index in [0.29, 0.717) is 10.2 Å². The van der Waals surface area contributed by atoms with Crippen LogP contribution in [0.3, 0.4) is 0 Å². The number of aromatic nitrogens is 3. The maximum Gasteiger partial charge on any atom is 0.148 e. The number of hydrogen-bond donors (Lipinski definition) is 0. The Labute approximate surface area is 88.9 Å². The summed E-state index contributed by atoms with van der Waals surface area (Å²) in [5.74, 6) is 0. The number of hydrogen-bond acceptors (Lipinski definition) is 3. The van der Waals surface area contributed by atoms with Gasteiger partial charge in [0.05, 0.1) is 23.5 Å². The average Bonchev–Trinajstić information content (AvgIpc) is 2.65. The van der Waals surface area contributed by atoms with Gasteiger partial charge in [-0.3, -0.25) is 0 Å². The lowest BCUT2D eigenvalue weighted by molar-refractivity contribution is 0.801. The topological polar surface area (TPSA) is 54.5 Å². The minimum absolute atomic E-state index is 0.606. The summed E-state index contributed by atoms with van der Waals surface area (Å²) in [6.07, 6.45) is 1.73. The molecule has 2 aromatic rings. The van der Waals surface area contributed by atoms with E-state index in [2.05, 4.69) is 32.3 Å². The van der Waals surface area contributed by atoms with Gasteiger partial charge in [-0.25, -0.2) is 4.68 Å². The van der Waals surface area contributed by atoms with Gasteiger partial charge in [0, 0.05) is 0 Å². The molecule has 0 atom stereocenters. The summed E-state index contributed by atoms with van der Waals surface area (Å²) < 4.78 is 2.27. The zero-order valence-electron chi connectivity index (χ0n) is 7.05. The molecule has 0 aliphatic rings. The molecule has 0 aliphatic carbocycles. The first-order chi connectivity index (χ1) is 6.79. The van der Waals surface area contributed by atoms with E-state index in [-0.39, 0.29) is 0 Å². The molecule has 0 unspecified atom stereocenters. The molecule has 0 saturated carbocycles. The monoisotopic (exact) mass is 248 g/mol. The van der Waals surface area contributed by atoms with E-state index in [4.69, 9.17) is 5.26 Å². The van der Waals surface area contributed by atoms with Gasteiger partial charge in [-0.05, 0) is 34.1 Å². The summed E-state index contributed by atoms with van der Waals surface area (Å²) in [7, 11) is 0. The van der Waals surface area contributed by atoms with Crippen molar-refractivity contribution >= 4 is 15.9 Å². The Hall–Kier alpha value is -1.67. The molecule has 1 aromatic heterocycles. The second-order valence-corrected chi connectivity index (χ2v) is 3.46. The summed E-state index contributed by atoms with van der Waals surface area (Å²) in [5.41, 5.74) is 1.43. The number of halogens is 1. The van der Waals surface area contributed by atoms with Gasteiger partial charge in [-0.2, -0.15) is 5.26 Å². The molecular formula is C9H5BrN4. The van der Waals surface area contributed by atoms with Crippen molar-refractivity contribution in [3.63, 3.8) is 0 Å². The molecule has 2 rings (SSSR count). The average molecular weight is 249 g/mol. The van der Waals surface area contributed by atoms with Crippen molar-refractivity contribution in [2.45, 2.75) is 0 Å². The molecule has 1 aromatic carbocycles. The normalized spacial score (nSPS) is 9.71. The highest BCUT2D eigenvalue weighted by Crippen LogP contribution is 2.11. The Morgan fingerprint density at radius 1 is 1.43 bits per heavy atom. The molecule has 5 heteroatoms. The highest BCUT2D eigenvalue weighted by molar-refractivity contribution is 9.10. The van der Waals surface area contributed by atoms with E-state index in [0.717, 1.165) is 5.69 Å². The van der Waals surface area contributed by atoms with Crippen LogP contribution < -0.4 is 0 Å².